The van der Waals surface area contributed by atoms with Crippen LogP contribution in [0.3, 0.4) is 0 Å². The molecule has 2 rings (SSSR count). The van der Waals surface area contributed by atoms with E-state index in [1.54, 1.807) is 0 Å². The Morgan fingerprint density at radius 3 is 2.43 bits per heavy atom. The lowest BCUT2D eigenvalue weighted by Gasteiger charge is -2.29. The number of rotatable bonds is 4. The molecule has 0 bridgehead atoms. The van der Waals surface area contributed by atoms with Gasteiger partial charge in [-0.15, -0.1) is 0 Å². The summed E-state index contributed by atoms with van der Waals surface area (Å²) in [7, 11) is 0. The molecule has 0 spiro atoms. The molecule has 0 aliphatic heterocycles. The maximum Gasteiger partial charge on any atom is 0.329 e. The standard InChI is InChI=1S/C16H26N2O3/c19-14(20)16(10-6-1-2-7-11-16)18-15(21)17-12-13-8-4-3-5-9-13/h3-4,13H,1-2,5-12H2,(H,19,20)(H2,17,18,21). The first-order valence-corrected chi connectivity index (χ1v) is 8.07. The number of hydrogen-bond donors (Lipinski definition) is 3. The third-order valence-corrected chi connectivity index (χ3v) is 4.65. The monoisotopic (exact) mass is 294 g/mol. The van der Waals surface area contributed by atoms with E-state index in [0.29, 0.717) is 25.3 Å². The molecule has 0 saturated heterocycles. The minimum absolute atomic E-state index is 0.339. The zero-order chi connectivity index (χ0) is 15.1. The van der Waals surface area contributed by atoms with Gasteiger partial charge in [-0.2, -0.15) is 0 Å². The molecule has 0 aromatic rings. The molecule has 2 aliphatic rings. The van der Waals surface area contributed by atoms with Gasteiger partial charge >= 0.3 is 12.0 Å². The largest absolute Gasteiger partial charge is 0.480 e. The van der Waals surface area contributed by atoms with Crippen LogP contribution in [0.4, 0.5) is 4.79 Å². The molecule has 2 amide bonds. The van der Waals surface area contributed by atoms with Gasteiger partial charge in [0.25, 0.3) is 0 Å². The van der Waals surface area contributed by atoms with Gasteiger partial charge in [-0.3, -0.25) is 0 Å². The Hall–Kier alpha value is -1.52. The van der Waals surface area contributed by atoms with Crippen LogP contribution in [0.15, 0.2) is 12.2 Å². The fourth-order valence-corrected chi connectivity index (χ4v) is 3.26. The van der Waals surface area contributed by atoms with E-state index < -0.39 is 11.5 Å². The summed E-state index contributed by atoms with van der Waals surface area (Å²) in [6.07, 6.45) is 12.3. The maximum absolute atomic E-state index is 12.1. The molecule has 1 fully saturated rings. The number of urea groups is 1. The molecule has 1 saturated carbocycles. The Kier molecular flexibility index (Phi) is 5.65. The lowest BCUT2D eigenvalue weighted by molar-refractivity contribution is -0.145. The van der Waals surface area contributed by atoms with Gasteiger partial charge in [-0.1, -0.05) is 37.8 Å². The van der Waals surface area contributed by atoms with Crippen molar-refractivity contribution in [1.29, 1.82) is 0 Å². The Morgan fingerprint density at radius 2 is 1.86 bits per heavy atom. The van der Waals surface area contributed by atoms with Gasteiger partial charge in [0.15, 0.2) is 0 Å². The molecule has 5 heteroatoms. The highest BCUT2D eigenvalue weighted by atomic mass is 16.4. The summed E-state index contributed by atoms with van der Waals surface area (Å²) >= 11 is 0. The highest BCUT2D eigenvalue weighted by Crippen LogP contribution is 2.27. The van der Waals surface area contributed by atoms with E-state index in [9.17, 15) is 14.7 Å². The summed E-state index contributed by atoms with van der Waals surface area (Å²) in [5.41, 5.74) is -1.08. The van der Waals surface area contributed by atoms with Gasteiger partial charge < -0.3 is 15.7 Å². The van der Waals surface area contributed by atoms with Crippen molar-refractivity contribution in [2.75, 3.05) is 6.54 Å². The number of aliphatic carboxylic acids is 1. The van der Waals surface area contributed by atoms with Crippen molar-refractivity contribution in [3.63, 3.8) is 0 Å². The Labute approximate surface area is 126 Å². The van der Waals surface area contributed by atoms with E-state index >= 15 is 0 Å². The first kappa shape index (κ1) is 15.9. The van der Waals surface area contributed by atoms with Crippen molar-refractivity contribution in [3.8, 4) is 0 Å². The van der Waals surface area contributed by atoms with Crippen LogP contribution in [0.5, 0.6) is 0 Å². The van der Waals surface area contributed by atoms with Crippen LogP contribution in [0.25, 0.3) is 0 Å². The summed E-state index contributed by atoms with van der Waals surface area (Å²) < 4.78 is 0. The van der Waals surface area contributed by atoms with Crippen molar-refractivity contribution in [3.05, 3.63) is 12.2 Å². The third kappa shape index (κ3) is 4.48. The van der Waals surface area contributed by atoms with Gasteiger partial charge in [0.1, 0.15) is 5.54 Å². The minimum Gasteiger partial charge on any atom is -0.480 e. The summed E-state index contributed by atoms with van der Waals surface area (Å²) in [6, 6.07) is -0.339. The van der Waals surface area contributed by atoms with E-state index in [4.69, 9.17) is 0 Å². The van der Waals surface area contributed by atoms with Crippen LogP contribution < -0.4 is 10.6 Å². The Morgan fingerprint density at radius 1 is 1.14 bits per heavy atom. The number of hydrogen-bond acceptors (Lipinski definition) is 2. The number of allylic oxidation sites excluding steroid dienone is 2. The molecule has 3 N–H and O–H groups in total. The number of nitrogens with one attached hydrogen (secondary N) is 2. The first-order valence-electron chi connectivity index (χ1n) is 8.07. The number of amides is 2. The van der Waals surface area contributed by atoms with Gasteiger partial charge in [0, 0.05) is 6.54 Å². The normalized spacial score (nSPS) is 24.9. The van der Waals surface area contributed by atoms with Crippen LogP contribution in [0.2, 0.25) is 0 Å². The molecule has 118 valence electrons. The van der Waals surface area contributed by atoms with Gasteiger partial charge in [0.2, 0.25) is 0 Å². The fraction of sp³-hybridized carbons (Fsp3) is 0.750. The molecular formula is C16H26N2O3. The zero-order valence-corrected chi connectivity index (χ0v) is 12.6. The summed E-state index contributed by atoms with van der Waals surface area (Å²) in [5, 5.41) is 15.1. The van der Waals surface area contributed by atoms with Crippen LogP contribution in [-0.2, 0) is 4.79 Å². The second-order valence-electron chi connectivity index (χ2n) is 6.29. The van der Waals surface area contributed by atoms with Gasteiger partial charge in [-0.05, 0) is 38.0 Å². The third-order valence-electron chi connectivity index (χ3n) is 4.65. The SMILES string of the molecule is O=C(NCC1CC=CCC1)NC1(C(=O)O)CCCCCC1. The Balaban J connectivity index is 1.85. The van der Waals surface area contributed by atoms with Crippen molar-refractivity contribution in [1.82, 2.24) is 10.6 Å². The second-order valence-corrected chi connectivity index (χ2v) is 6.29. The van der Waals surface area contributed by atoms with Crippen molar-refractivity contribution in [2.24, 2.45) is 5.92 Å². The zero-order valence-electron chi connectivity index (χ0n) is 12.6. The smallest absolute Gasteiger partial charge is 0.329 e. The van der Waals surface area contributed by atoms with E-state index in [0.717, 1.165) is 44.9 Å². The number of carboxylic acids is 1. The number of carbonyl (C=O) groups excluding carboxylic acids is 1. The van der Waals surface area contributed by atoms with E-state index in [-0.39, 0.29) is 6.03 Å². The van der Waals surface area contributed by atoms with Crippen molar-refractivity contribution in [2.45, 2.75) is 63.3 Å². The average molecular weight is 294 g/mol. The molecule has 1 atom stereocenters. The molecule has 0 heterocycles. The average Bonchev–Trinajstić information content (AvgIpc) is 2.73. The summed E-state index contributed by atoms with van der Waals surface area (Å²) in [6.45, 7) is 0.617. The molecule has 0 radical (unpaired) electrons. The minimum atomic E-state index is -1.08. The quantitative estimate of drug-likeness (QED) is 0.551. The van der Waals surface area contributed by atoms with Crippen molar-refractivity contribution >= 4 is 12.0 Å². The molecule has 5 nitrogen and oxygen atoms in total. The predicted octanol–water partition coefficient (Wildman–Crippen LogP) is 2.82. The molecule has 2 aliphatic carbocycles. The van der Waals surface area contributed by atoms with E-state index in [2.05, 4.69) is 22.8 Å². The maximum atomic E-state index is 12.1. The molecule has 21 heavy (non-hydrogen) atoms. The number of carbonyl (C=O) groups is 2. The Bertz CT molecular complexity index is 398. The fourth-order valence-electron chi connectivity index (χ4n) is 3.26. The van der Waals surface area contributed by atoms with Crippen LogP contribution >= 0.6 is 0 Å². The van der Waals surface area contributed by atoms with Gasteiger partial charge in [0.05, 0.1) is 0 Å². The lowest BCUT2D eigenvalue weighted by Crippen LogP contribution is -2.57. The highest BCUT2D eigenvalue weighted by molar-refractivity contribution is 5.86. The van der Waals surface area contributed by atoms with Crippen molar-refractivity contribution < 1.29 is 14.7 Å². The lowest BCUT2D eigenvalue weighted by atomic mass is 9.90. The molecule has 0 aromatic heterocycles. The van der Waals surface area contributed by atoms with E-state index in [1.807, 2.05) is 0 Å². The number of carboxylic acid groups (broad SMARTS) is 1. The highest BCUT2D eigenvalue weighted by Gasteiger charge is 2.40. The van der Waals surface area contributed by atoms with Crippen LogP contribution in [0, 0.1) is 5.92 Å². The topological polar surface area (TPSA) is 78.4 Å². The molecular weight excluding hydrogens is 268 g/mol. The summed E-state index contributed by atoms with van der Waals surface area (Å²) in [5.74, 6) is -0.434. The molecule has 0 aromatic carbocycles. The first-order chi connectivity index (χ1) is 10.1. The molecule has 1 unspecified atom stereocenters. The summed E-state index contributed by atoms with van der Waals surface area (Å²) in [4.78, 5) is 23.7. The van der Waals surface area contributed by atoms with Crippen LogP contribution in [-0.4, -0.2) is 29.2 Å². The van der Waals surface area contributed by atoms with E-state index in [1.165, 1.54) is 0 Å². The van der Waals surface area contributed by atoms with Crippen LogP contribution in [0.1, 0.15) is 57.8 Å². The predicted molar refractivity (Wildman–Crippen MR) is 81.1 cm³/mol. The van der Waals surface area contributed by atoms with Gasteiger partial charge in [-0.25, -0.2) is 9.59 Å². The second kappa shape index (κ2) is 7.48.